The number of hydrogen-bond acceptors (Lipinski definition) is 1. The highest BCUT2D eigenvalue weighted by molar-refractivity contribution is 5.87. The molecule has 78 valence electrons. The molecule has 0 aromatic carbocycles. The minimum atomic E-state index is -0.0729. The van der Waals surface area contributed by atoms with E-state index in [1.54, 1.807) is 0 Å². The standard InChI is InChI=1S/C12H19NO/c1-4-12(14)13-11-7-5-6-10(8-11)9(2)3/h4,8-9,11H,1,5-7H2,2-3H3,(H,13,14). The lowest BCUT2D eigenvalue weighted by atomic mass is 9.89. The van der Waals surface area contributed by atoms with Gasteiger partial charge in [-0.3, -0.25) is 4.79 Å². The minimum Gasteiger partial charge on any atom is -0.346 e. The molecule has 0 heterocycles. The van der Waals surface area contributed by atoms with Gasteiger partial charge in [0.05, 0.1) is 0 Å². The molecule has 2 heteroatoms. The zero-order valence-electron chi connectivity index (χ0n) is 9.05. The number of carbonyl (C=O) groups excluding carboxylic acids is 1. The number of carbonyl (C=O) groups is 1. The Morgan fingerprint density at radius 3 is 3.00 bits per heavy atom. The van der Waals surface area contributed by atoms with E-state index in [1.807, 2.05) is 0 Å². The number of amides is 1. The Morgan fingerprint density at radius 1 is 1.71 bits per heavy atom. The second-order valence-corrected chi connectivity index (χ2v) is 4.11. The van der Waals surface area contributed by atoms with Gasteiger partial charge < -0.3 is 5.32 Å². The largest absolute Gasteiger partial charge is 0.346 e. The van der Waals surface area contributed by atoms with Crippen molar-refractivity contribution in [2.24, 2.45) is 5.92 Å². The van der Waals surface area contributed by atoms with Crippen LogP contribution in [0.3, 0.4) is 0 Å². The summed E-state index contributed by atoms with van der Waals surface area (Å²) in [5, 5.41) is 2.92. The predicted octanol–water partition coefficient (Wildman–Crippen LogP) is 2.42. The molecule has 0 aliphatic heterocycles. The van der Waals surface area contributed by atoms with E-state index in [2.05, 4.69) is 31.8 Å². The Morgan fingerprint density at radius 2 is 2.43 bits per heavy atom. The molecule has 14 heavy (non-hydrogen) atoms. The van der Waals surface area contributed by atoms with Gasteiger partial charge in [0.2, 0.25) is 5.91 Å². The third-order valence-corrected chi connectivity index (χ3v) is 2.65. The zero-order valence-corrected chi connectivity index (χ0v) is 9.05. The lowest BCUT2D eigenvalue weighted by Crippen LogP contribution is -2.33. The van der Waals surface area contributed by atoms with Crippen LogP contribution >= 0.6 is 0 Å². The van der Waals surface area contributed by atoms with Gasteiger partial charge >= 0.3 is 0 Å². The molecule has 0 saturated heterocycles. The monoisotopic (exact) mass is 193 g/mol. The van der Waals surface area contributed by atoms with Crippen LogP contribution in [0.1, 0.15) is 33.1 Å². The summed E-state index contributed by atoms with van der Waals surface area (Å²) in [5.41, 5.74) is 1.46. The van der Waals surface area contributed by atoms with Crippen LogP contribution in [0.15, 0.2) is 24.3 Å². The molecule has 1 amide bonds. The Balaban J connectivity index is 2.58. The predicted molar refractivity (Wildman–Crippen MR) is 58.9 cm³/mol. The Kier molecular flexibility index (Phi) is 3.93. The summed E-state index contributed by atoms with van der Waals surface area (Å²) >= 11 is 0. The van der Waals surface area contributed by atoms with Gasteiger partial charge in [-0.2, -0.15) is 0 Å². The lowest BCUT2D eigenvalue weighted by Gasteiger charge is -2.23. The van der Waals surface area contributed by atoms with E-state index in [-0.39, 0.29) is 11.9 Å². The summed E-state index contributed by atoms with van der Waals surface area (Å²) in [6.45, 7) is 7.84. The molecule has 1 unspecified atom stereocenters. The van der Waals surface area contributed by atoms with Gasteiger partial charge in [-0.15, -0.1) is 0 Å². The van der Waals surface area contributed by atoms with Crippen LogP contribution < -0.4 is 5.32 Å². The first-order valence-corrected chi connectivity index (χ1v) is 5.27. The first-order chi connectivity index (χ1) is 6.63. The third-order valence-electron chi connectivity index (χ3n) is 2.65. The molecule has 0 bridgehead atoms. The molecule has 1 atom stereocenters. The van der Waals surface area contributed by atoms with Crippen LogP contribution in [0.25, 0.3) is 0 Å². The van der Waals surface area contributed by atoms with Crippen molar-refractivity contribution in [3.05, 3.63) is 24.3 Å². The third kappa shape index (κ3) is 3.02. The molecule has 1 aliphatic rings. The van der Waals surface area contributed by atoms with Crippen LogP contribution in [-0.2, 0) is 4.79 Å². The van der Waals surface area contributed by atoms with Gasteiger partial charge in [-0.05, 0) is 31.3 Å². The number of nitrogens with one attached hydrogen (secondary N) is 1. The van der Waals surface area contributed by atoms with Crippen molar-refractivity contribution >= 4 is 5.91 Å². The highest BCUT2D eigenvalue weighted by Gasteiger charge is 2.15. The van der Waals surface area contributed by atoms with Crippen molar-refractivity contribution in [1.82, 2.24) is 5.32 Å². The van der Waals surface area contributed by atoms with Gasteiger partial charge in [0.25, 0.3) is 0 Å². The average Bonchev–Trinajstić information content (AvgIpc) is 2.18. The summed E-state index contributed by atoms with van der Waals surface area (Å²) < 4.78 is 0. The van der Waals surface area contributed by atoms with Crippen molar-refractivity contribution in [2.45, 2.75) is 39.2 Å². The molecule has 0 radical (unpaired) electrons. The van der Waals surface area contributed by atoms with E-state index in [0.717, 1.165) is 6.42 Å². The van der Waals surface area contributed by atoms with Gasteiger partial charge in [0.15, 0.2) is 0 Å². The minimum absolute atomic E-state index is 0.0729. The maximum Gasteiger partial charge on any atom is 0.243 e. The summed E-state index contributed by atoms with van der Waals surface area (Å²) in [5.74, 6) is 0.523. The average molecular weight is 193 g/mol. The fourth-order valence-electron chi connectivity index (χ4n) is 1.79. The van der Waals surface area contributed by atoms with E-state index in [9.17, 15) is 4.79 Å². The molecule has 0 aromatic rings. The molecular formula is C12H19NO. The normalized spacial score (nSPS) is 21.6. The van der Waals surface area contributed by atoms with E-state index in [4.69, 9.17) is 0 Å². The first-order valence-electron chi connectivity index (χ1n) is 5.27. The molecule has 0 aromatic heterocycles. The second-order valence-electron chi connectivity index (χ2n) is 4.11. The van der Waals surface area contributed by atoms with E-state index in [0.29, 0.717) is 5.92 Å². The summed E-state index contributed by atoms with van der Waals surface area (Å²) in [4.78, 5) is 11.1. The fraction of sp³-hybridized carbons (Fsp3) is 0.583. The van der Waals surface area contributed by atoms with Gasteiger partial charge in [-0.1, -0.05) is 32.1 Å². The smallest absolute Gasteiger partial charge is 0.243 e. The van der Waals surface area contributed by atoms with Crippen LogP contribution in [0.2, 0.25) is 0 Å². The molecule has 0 saturated carbocycles. The topological polar surface area (TPSA) is 29.1 Å². The van der Waals surface area contributed by atoms with E-state index >= 15 is 0 Å². The Hall–Kier alpha value is -1.05. The second kappa shape index (κ2) is 4.99. The van der Waals surface area contributed by atoms with Gasteiger partial charge in [0.1, 0.15) is 0 Å². The Labute approximate surface area is 86.1 Å². The van der Waals surface area contributed by atoms with Crippen LogP contribution in [0, 0.1) is 5.92 Å². The molecule has 0 spiro atoms. The zero-order chi connectivity index (χ0) is 10.6. The highest BCUT2D eigenvalue weighted by Crippen LogP contribution is 2.23. The number of allylic oxidation sites excluding steroid dienone is 1. The number of rotatable bonds is 3. The summed E-state index contributed by atoms with van der Waals surface area (Å²) in [6.07, 6.45) is 6.94. The van der Waals surface area contributed by atoms with E-state index in [1.165, 1.54) is 24.5 Å². The van der Waals surface area contributed by atoms with Crippen LogP contribution in [0.4, 0.5) is 0 Å². The van der Waals surface area contributed by atoms with Gasteiger partial charge in [-0.25, -0.2) is 0 Å². The molecular weight excluding hydrogens is 174 g/mol. The molecule has 2 nitrogen and oxygen atoms in total. The van der Waals surface area contributed by atoms with Crippen LogP contribution in [0.5, 0.6) is 0 Å². The van der Waals surface area contributed by atoms with Crippen molar-refractivity contribution in [2.75, 3.05) is 0 Å². The molecule has 1 N–H and O–H groups in total. The van der Waals surface area contributed by atoms with Crippen molar-refractivity contribution in [1.29, 1.82) is 0 Å². The summed E-state index contributed by atoms with van der Waals surface area (Å²) in [7, 11) is 0. The van der Waals surface area contributed by atoms with Crippen LogP contribution in [-0.4, -0.2) is 11.9 Å². The van der Waals surface area contributed by atoms with Gasteiger partial charge in [0, 0.05) is 6.04 Å². The van der Waals surface area contributed by atoms with Crippen molar-refractivity contribution < 1.29 is 4.79 Å². The first kappa shape index (κ1) is 11.0. The maximum absolute atomic E-state index is 11.1. The quantitative estimate of drug-likeness (QED) is 0.541. The fourth-order valence-corrected chi connectivity index (χ4v) is 1.79. The molecule has 1 aliphatic carbocycles. The van der Waals surface area contributed by atoms with Crippen molar-refractivity contribution in [3.8, 4) is 0 Å². The number of hydrogen-bond donors (Lipinski definition) is 1. The summed E-state index contributed by atoms with van der Waals surface area (Å²) in [6, 6.07) is 0.214. The van der Waals surface area contributed by atoms with Crippen molar-refractivity contribution in [3.63, 3.8) is 0 Å². The molecule has 0 fully saturated rings. The maximum atomic E-state index is 11.1. The molecule has 1 rings (SSSR count). The van der Waals surface area contributed by atoms with E-state index < -0.39 is 0 Å². The highest BCUT2D eigenvalue weighted by atomic mass is 16.1. The Bertz CT molecular complexity index is 253. The SMILES string of the molecule is C=CC(=O)NC1C=C(C(C)C)CCC1. The lowest BCUT2D eigenvalue weighted by molar-refractivity contribution is -0.116.